The van der Waals surface area contributed by atoms with Gasteiger partial charge in [-0.25, -0.2) is 0 Å². The molecule has 0 saturated carbocycles. The van der Waals surface area contributed by atoms with Crippen LogP contribution in [0.2, 0.25) is 0 Å². The lowest BCUT2D eigenvalue weighted by Gasteiger charge is -2.37. The summed E-state index contributed by atoms with van der Waals surface area (Å²) in [6, 6.07) is 69.9. The van der Waals surface area contributed by atoms with Gasteiger partial charge in [-0.3, -0.25) is 14.9 Å². The Morgan fingerprint density at radius 2 is 0.821 bits per heavy atom. The minimum atomic E-state index is -0.729. The minimum absolute atomic E-state index is 0.291. The molecule has 7 aromatic rings. The third-order valence-electron chi connectivity index (χ3n) is 9.82. The molecular weight excluding hydrogens is 709 g/mol. The van der Waals surface area contributed by atoms with Crippen LogP contribution in [-0.2, 0) is 19.1 Å². The van der Waals surface area contributed by atoms with E-state index in [1.807, 2.05) is 115 Å². The van der Waals surface area contributed by atoms with Gasteiger partial charge >= 0.3 is 5.97 Å². The van der Waals surface area contributed by atoms with Gasteiger partial charge in [0.2, 0.25) is 5.91 Å². The topological polar surface area (TPSA) is 67.4 Å². The van der Waals surface area contributed by atoms with Crippen molar-refractivity contribution in [2.24, 2.45) is 0 Å². The second-order valence-corrected chi connectivity index (χ2v) is 14.7. The molecule has 1 atom stereocenters. The number of thioether (sulfide) groups is 1. The zero-order valence-corrected chi connectivity index (χ0v) is 31.8. The Morgan fingerprint density at radius 1 is 0.482 bits per heavy atom. The smallest absolute Gasteiger partial charge is 0.326 e. The van der Waals surface area contributed by atoms with Crippen molar-refractivity contribution in [3.8, 4) is 0 Å². The number of hydrogen-bond acceptors (Lipinski definition) is 5. The van der Waals surface area contributed by atoms with E-state index in [0.29, 0.717) is 5.75 Å². The van der Waals surface area contributed by atoms with Gasteiger partial charge in [0.25, 0.3) is 0 Å². The van der Waals surface area contributed by atoms with Crippen LogP contribution in [0.4, 0.5) is 0 Å². The van der Waals surface area contributed by atoms with Crippen LogP contribution in [0.3, 0.4) is 0 Å². The molecule has 0 aliphatic heterocycles. The molecule has 278 valence electrons. The summed E-state index contributed by atoms with van der Waals surface area (Å²) in [5.41, 5.74) is 7.04. The summed E-state index contributed by atoms with van der Waals surface area (Å²) in [5, 5.41) is 6.71. The zero-order valence-electron chi connectivity index (χ0n) is 31.0. The van der Waals surface area contributed by atoms with Gasteiger partial charge in [0.15, 0.2) is 6.10 Å². The van der Waals surface area contributed by atoms with Crippen molar-refractivity contribution in [3.63, 3.8) is 0 Å². The molecule has 0 unspecified atom stereocenters. The lowest BCUT2D eigenvalue weighted by molar-refractivity contribution is -0.147. The van der Waals surface area contributed by atoms with Gasteiger partial charge in [-0.15, -0.1) is 11.8 Å². The highest BCUT2D eigenvalue weighted by Gasteiger charge is 2.39. The van der Waals surface area contributed by atoms with E-state index in [2.05, 4.69) is 108 Å². The molecule has 6 heteroatoms. The van der Waals surface area contributed by atoms with Crippen molar-refractivity contribution in [2.75, 3.05) is 12.3 Å². The highest BCUT2D eigenvalue weighted by molar-refractivity contribution is 8.00. The molecule has 0 heterocycles. The fourth-order valence-corrected chi connectivity index (χ4v) is 8.67. The van der Waals surface area contributed by atoms with Crippen LogP contribution >= 0.6 is 11.8 Å². The van der Waals surface area contributed by atoms with Crippen LogP contribution in [0, 0.1) is 0 Å². The SMILES string of the molecule is O=C(CNC(=O)[C@@H](CSC(c1ccccc1)(c1ccccc1)c1ccccc1)NC(c1ccccc1)c1ccccc1)OC(c1ccccc1)c1ccccc1. The van der Waals surface area contributed by atoms with E-state index in [1.165, 1.54) is 0 Å². The van der Waals surface area contributed by atoms with E-state index in [-0.39, 0.29) is 18.5 Å². The molecule has 5 nitrogen and oxygen atoms in total. The van der Waals surface area contributed by atoms with Crippen molar-refractivity contribution >= 4 is 23.6 Å². The summed E-state index contributed by atoms with van der Waals surface area (Å²) in [6.45, 7) is -0.291. The molecule has 0 spiro atoms. The van der Waals surface area contributed by atoms with Gasteiger partial charge in [-0.05, 0) is 38.9 Å². The van der Waals surface area contributed by atoms with Crippen LogP contribution in [-0.4, -0.2) is 30.2 Å². The highest BCUT2D eigenvalue weighted by Crippen LogP contribution is 2.48. The average Bonchev–Trinajstić information content (AvgIpc) is 3.28. The number of hydrogen-bond donors (Lipinski definition) is 2. The Bertz CT molecular complexity index is 2070. The molecule has 0 saturated heterocycles. The summed E-state index contributed by atoms with van der Waals surface area (Å²) in [7, 11) is 0. The maximum atomic E-state index is 14.6. The van der Waals surface area contributed by atoms with Crippen LogP contribution in [0.1, 0.15) is 51.1 Å². The average molecular weight is 753 g/mol. The summed E-state index contributed by atoms with van der Waals surface area (Å²) in [4.78, 5) is 28.2. The number of nitrogens with one attached hydrogen (secondary N) is 2. The van der Waals surface area contributed by atoms with Crippen molar-refractivity contribution in [2.45, 2.75) is 22.9 Å². The van der Waals surface area contributed by atoms with Crippen molar-refractivity contribution in [3.05, 3.63) is 251 Å². The molecule has 0 aliphatic carbocycles. The van der Waals surface area contributed by atoms with E-state index < -0.39 is 22.9 Å². The third-order valence-corrected chi connectivity index (χ3v) is 11.5. The van der Waals surface area contributed by atoms with Crippen LogP contribution in [0.15, 0.2) is 212 Å². The quantitative estimate of drug-likeness (QED) is 0.0760. The lowest BCUT2D eigenvalue weighted by atomic mass is 9.84. The summed E-state index contributed by atoms with van der Waals surface area (Å²) < 4.78 is 5.42. The monoisotopic (exact) mass is 752 g/mol. The van der Waals surface area contributed by atoms with Gasteiger partial charge in [0.1, 0.15) is 6.54 Å². The second kappa shape index (κ2) is 18.9. The molecule has 1 amide bonds. The Labute approximate surface area is 333 Å². The second-order valence-electron chi connectivity index (χ2n) is 13.5. The molecule has 2 N–H and O–H groups in total. The van der Waals surface area contributed by atoms with Gasteiger partial charge in [0, 0.05) is 5.75 Å². The van der Waals surface area contributed by atoms with Gasteiger partial charge < -0.3 is 10.1 Å². The molecule has 0 radical (unpaired) electrons. The van der Waals surface area contributed by atoms with E-state index in [0.717, 1.165) is 38.9 Å². The lowest BCUT2D eigenvalue weighted by Crippen LogP contribution is -2.49. The first-order chi connectivity index (χ1) is 27.6. The molecule has 7 aromatic carbocycles. The van der Waals surface area contributed by atoms with E-state index in [4.69, 9.17) is 4.74 Å². The molecule has 7 rings (SSSR count). The Morgan fingerprint density at radius 3 is 1.20 bits per heavy atom. The summed E-state index contributed by atoms with van der Waals surface area (Å²) in [6.07, 6.45) is -0.616. The van der Waals surface area contributed by atoms with Crippen molar-refractivity contribution in [1.29, 1.82) is 0 Å². The Kier molecular flexibility index (Phi) is 12.8. The Balaban J connectivity index is 1.22. The van der Waals surface area contributed by atoms with Crippen molar-refractivity contribution in [1.82, 2.24) is 10.6 Å². The molecule has 0 fully saturated rings. The highest BCUT2D eigenvalue weighted by atomic mass is 32.2. The predicted molar refractivity (Wildman–Crippen MR) is 227 cm³/mol. The zero-order chi connectivity index (χ0) is 38.4. The first-order valence-corrected chi connectivity index (χ1v) is 19.8. The number of carbonyl (C=O) groups is 2. The number of amides is 1. The predicted octanol–water partition coefficient (Wildman–Crippen LogP) is 9.91. The number of carbonyl (C=O) groups excluding carboxylic acids is 2. The standard InChI is InChI=1S/C50H44N2O3S/c53-46(55-48(40-26-12-3-13-27-40)41-28-14-4-15-29-41)36-51-49(54)45(52-47(38-22-8-1-9-23-38)39-24-10-2-11-25-39)37-56-50(42-30-16-5-17-31-42,43-32-18-6-19-33-43)44-34-20-7-21-35-44/h1-35,45,47-48,52H,36-37H2,(H,51,54)/t45-/m1/s1. The molecule has 0 aromatic heterocycles. The number of esters is 1. The largest absolute Gasteiger partial charge is 0.451 e. The van der Waals surface area contributed by atoms with Crippen molar-refractivity contribution < 1.29 is 14.3 Å². The number of benzene rings is 7. The minimum Gasteiger partial charge on any atom is -0.451 e. The molecule has 0 bridgehead atoms. The van der Waals surface area contributed by atoms with Crippen LogP contribution < -0.4 is 10.6 Å². The maximum Gasteiger partial charge on any atom is 0.326 e. The molecule has 0 aliphatic rings. The molecular formula is C50H44N2O3S. The number of rotatable bonds is 16. The summed E-state index contributed by atoms with van der Waals surface area (Å²) >= 11 is 1.70. The summed E-state index contributed by atoms with van der Waals surface area (Å²) in [5.74, 6) is -0.463. The van der Waals surface area contributed by atoms with Gasteiger partial charge in [-0.1, -0.05) is 212 Å². The van der Waals surface area contributed by atoms with Gasteiger partial charge in [-0.2, -0.15) is 0 Å². The number of ether oxygens (including phenoxy) is 1. The normalized spacial score (nSPS) is 11.9. The third kappa shape index (κ3) is 9.17. The van der Waals surface area contributed by atoms with E-state index in [1.54, 1.807) is 11.8 Å². The van der Waals surface area contributed by atoms with E-state index >= 15 is 0 Å². The first-order valence-electron chi connectivity index (χ1n) is 18.9. The molecule has 56 heavy (non-hydrogen) atoms. The fraction of sp³-hybridized carbons (Fsp3) is 0.120. The fourth-order valence-electron chi connectivity index (χ4n) is 7.09. The van der Waals surface area contributed by atoms with Crippen LogP contribution in [0.5, 0.6) is 0 Å². The van der Waals surface area contributed by atoms with E-state index in [9.17, 15) is 9.59 Å². The Hall–Kier alpha value is -6.21. The first kappa shape index (κ1) is 38.1. The van der Waals surface area contributed by atoms with Crippen LogP contribution in [0.25, 0.3) is 0 Å². The van der Waals surface area contributed by atoms with Gasteiger partial charge in [0.05, 0.1) is 16.8 Å². The maximum absolute atomic E-state index is 14.6.